The number of rotatable bonds is 8. The molecule has 0 radical (unpaired) electrons. The second-order valence-electron chi connectivity index (χ2n) is 7.37. The highest BCUT2D eigenvalue weighted by atomic mass is 16.5. The summed E-state index contributed by atoms with van der Waals surface area (Å²) in [4.78, 5) is 60.3. The molecule has 0 unspecified atom stereocenters. The summed E-state index contributed by atoms with van der Waals surface area (Å²) in [7, 11) is 0. The van der Waals surface area contributed by atoms with Crippen LogP contribution in [0.5, 0.6) is 0 Å². The Kier molecular flexibility index (Phi) is 6.73. The van der Waals surface area contributed by atoms with Crippen LogP contribution >= 0.6 is 0 Å². The largest absolute Gasteiger partial charge is 0.453 e. The van der Waals surface area contributed by atoms with Gasteiger partial charge in [-0.15, -0.1) is 0 Å². The Labute approximate surface area is 168 Å². The molecule has 156 valence electrons. The van der Waals surface area contributed by atoms with Gasteiger partial charge in [-0.05, 0) is 58.4 Å². The van der Waals surface area contributed by atoms with E-state index in [-0.39, 0.29) is 31.1 Å². The number of nitrogens with one attached hydrogen (secondary N) is 2. The third-order valence-corrected chi connectivity index (χ3v) is 4.44. The number of Topliss-reactive ketones (excluding diaryl/α,β-unsaturated/α-hetero) is 1. The topological polar surface area (TPSA) is 122 Å². The zero-order valence-corrected chi connectivity index (χ0v) is 16.9. The number of amides is 4. The Bertz CT molecular complexity index is 831. The molecule has 1 heterocycles. The Morgan fingerprint density at radius 3 is 2.31 bits per heavy atom. The zero-order chi connectivity index (χ0) is 21.8. The smallest absolute Gasteiger partial charge is 0.325 e. The number of carbonyl (C=O) groups is 5. The van der Waals surface area contributed by atoms with Crippen LogP contribution in [0.25, 0.3) is 0 Å². The van der Waals surface area contributed by atoms with E-state index in [9.17, 15) is 24.0 Å². The molecule has 9 nitrogen and oxygen atoms in total. The lowest BCUT2D eigenvalue weighted by Gasteiger charge is -2.16. The first-order chi connectivity index (χ1) is 13.5. The highest BCUT2D eigenvalue weighted by Crippen LogP contribution is 2.17. The average Bonchev–Trinajstić information content (AvgIpc) is 2.83. The molecule has 0 bridgehead atoms. The van der Waals surface area contributed by atoms with E-state index in [2.05, 4.69) is 10.6 Å². The Balaban J connectivity index is 1.76. The van der Waals surface area contributed by atoms with Crippen molar-refractivity contribution in [2.75, 3.05) is 11.9 Å². The number of benzene rings is 1. The molecule has 1 atom stereocenters. The summed E-state index contributed by atoms with van der Waals surface area (Å²) in [6.45, 7) is 6.19. The summed E-state index contributed by atoms with van der Waals surface area (Å²) in [5, 5.41) is 5.16. The molecular formula is C20H25N3O6. The minimum atomic E-state index is -1.02. The first kappa shape index (κ1) is 22.1. The Morgan fingerprint density at radius 2 is 1.79 bits per heavy atom. The molecule has 1 aliphatic rings. The number of imide groups is 1. The molecule has 2 rings (SSSR count). The number of hydrogen-bond donors (Lipinski definition) is 2. The van der Waals surface area contributed by atoms with Crippen molar-refractivity contribution in [2.24, 2.45) is 0 Å². The van der Waals surface area contributed by atoms with E-state index in [1.807, 2.05) is 0 Å². The van der Waals surface area contributed by atoms with Crippen LogP contribution in [0, 0.1) is 0 Å². The summed E-state index contributed by atoms with van der Waals surface area (Å²) >= 11 is 0. The van der Waals surface area contributed by atoms with Gasteiger partial charge in [0.25, 0.3) is 11.8 Å². The van der Waals surface area contributed by atoms with E-state index in [0.29, 0.717) is 11.3 Å². The van der Waals surface area contributed by atoms with Crippen LogP contribution in [-0.4, -0.2) is 52.7 Å². The van der Waals surface area contributed by atoms with Crippen molar-refractivity contribution in [3.63, 3.8) is 0 Å². The molecule has 2 N–H and O–H groups in total. The molecule has 29 heavy (non-hydrogen) atoms. The van der Waals surface area contributed by atoms with Crippen LogP contribution in [0.3, 0.4) is 0 Å². The molecule has 1 saturated heterocycles. The minimum absolute atomic E-state index is 0.0393. The van der Waals surface area contributed by atoms with Gasteiger partial charge in [0.2, 0.25) is 0 Å². The predicted molar refractivity (Wildman–Crippen MR) is 104 cm³/mol. The Hall–Kier alpha value is -3.23. The third-order valence-electron chi connectivity index (χ3n) is 4.44. The molecule has 1 fully saturated rings. The lowest BCUT2D eigenvalue weighted by molar-refractivity contribution is -0.153. The summed E-state index contributed by atoms with van der Waals surface area (Å²) in [5.41, 5.74) is 0.0485. The van der Waals surface area contributed by atoms with Crippen LogP contribution in [0.15, 0.2) is 24.3 Å². The van der Waals surface area contributed by atoms with Crippen molar-refractivity contribution in [2.45, 2.75) is 52.2 Å². The number of nitrogens with zero attached hydrogens (tertiary/aromatic N) is 1. The van der Waals surface area contributed by atoms with Crippen LogP contribution in [0.1, 0.15) is 50.9 Å². The quantitative estimate of drug-likeness (QED) is 0.388. The van der Waals surface area contributed by atoms with Crippen molar-refractivity contribution in [1.82, 2.24) is 10.2 Å². The maximum atomic E-state index is 12.1. The summed E-state index contributed by atoms with van der Waals surface area (Å²) in [6, 6.07) is 5.86. The van der Waals surface area contributed by atoms with Gasteiger partial charge in [0.1, 0.15) is 5.54 Å². The SMILES string of the molecule is CC(=O)c1ccc(NC(=O)[C@@H](C)OC(=O)CCCN2C(=O)NC(C)(C)C2=O)cc1. The van der Waals surface area contributed by atoms with E-state index >= 15 is 0 Å². The van der Waals surface area contributed by atoms with Gasteiger partial charge >= 0.3 is 12.0 Å². The highest BCUT2D eigenvalue weighted by Gasteiger charge is 2.43. The van der Waals surface area contributed by atoms with Gasteiger partial charge in [0, 0.05) is 24.2 Å². The molecule has 9 heteroatoms. The number of esters is 1. The van der Waals surface area contributed by atoms with Crippen molar-refractivity contribution in [3.05, 3.63) is 29.8 Å². The fraction of sp³-hybridized carbons (Fsp3) is 0.450. The summed E-state index contributed by atoms with van der Waals surface area (Å²) in [5.74, 6) is -1.54. The first-order valence-corrected chi connectivity index (χ1v) is 9.26. The molecule has 0 saturated carbocycles. The summed E-state index contributed by atoms with van der Waals surface area (Å²) in [6.07, 6.45) is -0.831. The second-order valence-corrected chi connectivity index (χ2v) is 7.37. The number of ketones is 1. The second kappa shape index (κ2) is 8.85. The van der Waals surface area contributed by atoms with Gasteiger partial charge in [-0.1, -0.05) is 0 Å². The number of anilines is 1. The monoisotopic (exact) mass is 403 g/mol. The van der Waals surface area contributed by atoms with Crippen LogP contribution in [0.4, 0.5) is 10.5 Å². The molecule has 0 spiro atoms. The van der Waals surface area contributed by atoms with E-state index in [1.165, 1.54) is 13.8 Å². The van der Waals surface area contributed by atoms with Gasteiger partial charge < -0.3 is 15.4 Å². The molecule has 1 aromatic carbocycles. The molecular weight excluding hydrogens is 378 g/mol. The van der Waals surface area contributed by atoms with Crippen molar-refractivity contribution in [1.29, 1.82) is 0 Å². The number of hydrogen-bond acceptors (Lipinski definition) is 6. The number of carbonyl (C=O) groups excluding carboxylic acids is 5. The van der Waals surface area contributed by atoms with E-state index in [4.69, 9.17) is 4.74 Å². The molecule has 0 aliphatic carbocycles. The molecule has 1 aliphatic heterocycles. The average molecular weight is 403 g/mol. The first-order valence-electron chi connectivity index (χ1n) is 9.26. The normalized spacial score (nSPS) is 16.2. The fourth-order valence-electron chi connectivity index (χ4n) is 2.74. The van der Waals surface area contributed by atoms with Crippen molar-refractivity contribution in [3.8, 4) is 0 Å². The van der Waals surface area contributed by atoms with Crippen molar-refractivity contribution >= 4 is 35.3 Å². The summed E-state index contributed by atoms with van der Waals surface area (Å²) < 4.78 is 5.10. The Morgan fingerprint density at radius 1 is 1.17 bits per heavy atom. The molecule has 0 aromatic heterocycles. The lowest BCUT2D eigenvalue weighted by Crippen LogP contribution is -2.40. The van der Waals surface area contributed by atoms with E-state index in [0.717, 1.165) is 4.90 Å². The lowest BCUT2D eigenvalue weighted by atomic mass is 10.1. The minimum Gasteiger partial charge on any atom is -0.453 e. The van der Waals surface area contributed by atoms with E-state index in [1.54, 1.807) is 38.1 Å². The fourth-order valence-corrected chi connectivity index (χ4v) is 2.74. The number of ether oxygens (including phenoxy) is 1. The van der Waals surface area contributed by atoms with Gasteiger partial charge in [-0.2, -0.15) is 0 Å². The zero-order valence-electron chi connectivity index (χ0n) is 16.9. The maximum absolute atomic E-state index is 12.1. The van der Waals surface area contributed by atoms with Gasteiger partial charge in [-0.25, -0.2) is 4.79 Å². The van der Waals surface area contributed by atoms with E-state index < -0.39 is 29.6 Å². The highest BCUT2D eigenvalue weighted by molar-refractivity contribution is 6.06. The third kappa shape index (κ3) is 5.63. The van der Waals surface area contributed by atoms with Crippen molar-refractivity contribution < 1.29 is 28.7 Å². The van der Waals surface area contributed by atoms with Gasteiger partial charge in [-0.3, -0.25) is 24.1 Å². The molecule has 4 amide bonds. The van der Waals surface area contributed by atoms with Crippen LogP contribution < -0.4 is 10.6 Å². The standard InChI is InChI=1S/C20H25N3O6/c1-12(24)14-7-9-15(10-8-14)21-17(26)13(2)29-16(25)6-5-11-23-18(27)20(3,4)22-19(23)28/h7-10,13H,5-6,11H2,1-4H3,(H,21,26)(H,22,28)/t13-/m1/s1. The maximum Gasteiger partial charge on any atom is 0.325 e. The molecule has 1 aromatic rings. The number of urea groups is 1. The van der Waals surface area contributed by atoms with Gasteiger partial charge in [0.15, 0.2) is 11.9 Å². The van der Waals surface area contributed by atoms with Crippen LogP contribution in [0.2, 0.25) is 0 Å². The van der Waals surface area contributed by atoms with Crippen LogP contribution in [-0.2, 0) is 19.1 Å². The van der Waals surface area contributed by atoms with Gasteiger partial charge in [0.05, 0.1) is 0 Å². The predicted octanol–water partition coefficient (Wildman–Crippen LogP) is 1.87.